The fraction of sp³-hybridized carbons (Fsp3) is 0. The molecule has 0 spiro atoms. The summed E-state index contributed by atoms with van der Waals surface area (Å²) in [6, 6.07) is 2.14. The van der Waals surface area contributed by atoms with Crippen LogP contribution in [-0.4, -0.2) is 26.6 Å². The van der Waals surface area contributed by atoms with E-state index in [1.165, 1.54) is 0 Å². The first kappa shape index (κ1) is 12.0. The van der Waals surface area contributed by atoms with Gasteiger partial charge in [0.2, 0.25) is 5.11 Å². The molecule has 7 nitrogen and oxygen atoms in total. The number of hydrogen-bond acceptors (Lipinski definition) is 6. The molecule has 0 aromatic heterocycles. The van der Waals surface area contributed by atoms with Crippen LogP contribution >= 0.6 is 12.2 Å². The molecule has 0 radical (unpaired) electrons. The van der Waals surface area contributed by atoms with Crippen LogP contribution in [0, 0.1) is 0 Å². The minimum absolute atomic E-state index is 0.0464. The summed E-state index contributed by atoms with van der Waals surface area (Å²) in [5, 5.41) is 31.5. The van der Waals surface area contributed by atoms with Gasteiger partial charge in [0.1, 0.15) is 17.2 Å². The lowest BCUT2D eigenvalue weighted by atomic mass is 10.2. The van der Waals surface area contributed by atoms with Gasteiger partial charge in [-0.25, -0.2) is 5.84 Å². The minimum atomic E-state index is -0.310. The lowest BCUT2D eigenvalue weighted by Crippen LogP contribution is -2.37. The number of aromatic hydroxyl groups is 3. The van der Waals surface area contributed by atoms with Gasteiger partial charge in [-0.15, -0.1) is 0 Å². The van der Waals surface area contributed by atoms with Crippen LogP contribution < -0.4 is 16.7 Å². The molecule has 0 atom stereocenters. The predicted octanol–water partition coefficient (Wildman–Crippen LogP) is -0.525. The first-order valence-electron chi connectivity index (χ1n) is 4.09. The molecule has 1 aromatic rings. The van der Waals surface area contributed by atoms with Crippen molar-refractivity contribution in [2.45, 2.75) is 0 Å². The van der Waals surface area contributed by atoms with E-state index in [1.807, 2.05) is 0 Å². The fourth-order valence-electron chi connectivity index (χ4n) is 0.929. The molecular weight excluding hydrogens is 232 g/mol. The molecule has 1 aromatic carbocycles. The molecule has 0 bridgehead atoms. The molecule has 0 aliphatic carbocycles. The van der Waals surface area contributed by atoms with E-state index in [-0.39, 0.29) is 27.9 Å². The van der Waals surface area contributed by atoms with Crippen molar-refractivity contribution in [1.82, 2.24) is 10.9 Å². The van der Waals surface area contributed by atoms with Crippen molar-refractivity contribution in [3.05, 3.63) is 17.7 Å². The molecule has 0 aliphatic rings. The maximum absolute atomic E-state index is 9.38. The Morgan fingerprint density at radius 3 is 2.38 bits per heavy atom. The number of benzene rings is 1. The van der Waals surface area contributed by atoms with Crippen molar-refractivity contribution in [1.29, 1.82) is 0 Å². The van der Waals surface area contributed by atoms with Crippen molar-refractivity contribution in [2.24, 2.45) is 10.9 Å². The van der Waals surface area contributed by atoms with Crippen LogP contribution in [0.1, 0.15) is 5.56 Å². The molecule has 8 heteroatoms. The number of nitrogens with two attached hydrogens (primary N) is 1. The van der Waals surface area contributed by atoms with Crippen LogP contribution in [0.15, 0.2) is 17.2 Å². The number of thiocarbonyl (C=S) groups is 1. The quantitative estimate of drug-likeness (QED) is 0.178. The highest BCUT2D eigenvalue weighted by Crippen LogP contribution is 2.30. The molecule has 0 fully saturated rings. The number of rotatable bonds is 2. The summed E-state index contributed by atoms with van der Waals surface area (Å²) in [6.45, 7) is 0. The SMILES string of the molecule is NNC(=S)NN=Cc1c(O)cc(O)cc1O. The summed E-state index contributed by atoms with van der Waals surface area (Å²) in [5.41, 5.74) is 4.51. The highest BCUT2D eigenvalue weighted by molar-refractivity contribution is 7.80. The minimum Gasteiger partial charge on any atom is -0.508 e. The van der Waals surface area contributed by atoms with E-state index in [2.05, 4.69) is 28.2 Å². The summed E-state index contributed by atoms with van der Waals surface area (Å²) in [4.78, 5) is 0. The molecule has 0 aliphatic heterocycles. The van der Waals surface area contributed by atoms with Gasteiger partial charge < -0.3 is 15.3 Å². The van der Waals surface area contributed by atoms with Crippen LogP contribution in [0.2, 0.25) is 0 Å². The van der Waals surface area contributed by atoms with Crippen molar-refractivity contribution < 1.29 is 15.3 Å². The third kappa shape index (κ3) is 2.97. The first-order valence-corrected chi connectivity index (χ1v) is 4.50. The van der Waals surface area contributed by atoms with Gasteiger partial charge in [-0.2, -0.15) is 5.10 Å². The Kier molecular flexibility index (Phi) is 3.86. The molecule has 0 saturated carbocycles. The molecule has 0 amide bonds. The van der Waals surface area contributed by atoms with E-state index in [0.29, 0.717) is 0 Å². The Bertz CT molecular complexity index is 412. The zero-order chi connectivity index (χ0) is 12.1. The molecule has 1 rings (SSSR count). The zero-order valence-corrected chi connectivity index (χ0v) is 8.82. The number of nitrogens with zero attached hydrogens (tertiary/aromatic N) is 1. The Labute approximate surface area is 96.2 Å². The third-order valence-electron chi connectivity index (χ3n) is 1.61. The molecule has 0 unspecified atom stereocenters. The maximum Gasteiger partial charge on any atom is 0.201 e. The molecule has 0 heterocycles. The number of phenols is 3. The van der Waals surface area contributed by atoms with E-state index in [4.69, 9.17) is 10.9 Å². The Morgan fingerprint density at radius 2 is 1.88 bits per heavy atom. The molecular formula is C8H10N4O3S. The molecule has 16 heavy (non-hydrogen) atoms. The highest BCUT2D eigenvalue weighted by Gasteiger charge is 2.06. The second kappa shape index (κ2) is 5.14. The summed E-state index contributed by atoms with van der Waals surface area (Å²) >= 11 is 4.63. The van der Waals surface area contributed by atoms with Gasteiger partial charge in [0, 0.05) is 12.1 Å². The van der Waals surface area contributed by atoms with E-state index in [1.54, 1.807) is 0 Å². The number of phenolic OH excluding ortho intramolecular Hbond substituents is 3. The monoisotopic (exact) mass is 242 g/mol. The third-order valence-corrected chi connectivity index (χ3v) is 1.82. The van der Waals surface area contributed by atoms with E-state index in [0.717, 1.165) is 18.3 Å². The van der Waals surface area contributed by atoms with E-state index < -0.39 is 0 Å². The van der Waals surface area contributed by atoms with Gasteiger partial charge in [-0.1, -0.05) is 0 Å². The summed E-state index contributed by atoms with van der Waals surface area (Å²) in [6.07, 6.45) is 1.13. The normalized spacial score (nSPS) is 10.3. The number of hydrogen-bond donors (Lipinski definition) is 6. The predicted molar refractivity (Wildman–Crippen MR) is 62.1 cm³/mol. The van der Waals surface area contributed by atoms with Crippen LogP contribution in [-0.2, 0) is 0 Å². The van der Waals surface area contributed by atoms with Crippen LogP contribution in [0.3, 0.4) is 0 Å². The van der Waals surface area contributed by atoms with Crippen LogP contribution in [0.25, 0.3) is 0 Å². The Hall–Kier alpha value is -2.06. The number of nitrogens with one attached hydrogen (secondary N) is 2. The summed E-state index contributed by atoms with van der Waals surface area (Å²) in [7, 11) is 0. The standard InChI is InChI=1S/C8H10N4O3S/c9-11-8(16)12-10-3-5-6(14)1-4(13)2-7(5)15/h1-3,13-15H,9H2,(H2,11,12,16). The fourth-order valence-corrected chi connectivity index (χ4v) is 0.981. The van der Waals surface area contributed by atoms with Gasteiger partial charge in [-0.3, -0.25) is 10.9 Å². The largest absolute Gasteiger partial charge is 0.508 e. The second-order valence-electron chi connectivity index (χ2n) is 2.74. The number of hydrazone groups is 1. The Morgan fingerprint density at radius 1 is 1.31 bits per heavy atom. The van der Waals surface area contributed by atoms with Crippen LogP contribution in [0.4, 0.5) is 0 Å². The van der Waals surface area contributed by atoms with Gasteiger partial charge >= 0.3 is 0 Å². The van der Waals surface area contributed by atoms with Crippen molar-refractivity contribution in [3.63, 3.8) is 0 Å². The molecule has 0 saturated heterocycles. The first-order chi connectivity index (χ1) is 7.54. The smallest absolute Gasteiger partial charge is 0.201 e. The van der Waals surface area contributed by atoms with E-state index >= 15 is 0 Å². The maximum atomic E-state index is 9.38. The lowest BCUT2D eigenvalue weighted by Gasteiger charge is -2.03. The van der Waals surface area contributed by atoms with Gasteiger partial charge in [0.05, 0.1) is 11.8 Å². The number of hydrazine groups is 1. The van der Waals surface area contributed by atoms with E-state index in [9.17, 15) is 10.2 Å². The van der Waals surface area contributed by atoms with Crippen molar-refractivity contribution >= 4 is 23.5 Å². The van der Waals surface area contributed by atoms with Gasteiger partial charge in [-0.05, 0) is 12.2 Å². The van der Waals surface area contributed by atoms with Crippen molar-refractivity contribution in [3.8, 4) is 17.2 Å². The summed E-state index contributed by atoms with van der Waals surface area (Å²) in [5.74, 6) is 4.10. The van der Waals surface area contributed by atoms with Gasteiger partial charge in [0.15, 0.2) is 0 Å². The highest BCUT2D eigenvalue weighted by atomic mass is 32.1. The van der Waals surface area contributed by atoms with Crippen LogP contribution in [0.5, 0.6) is 17.2 Å². The molecule has 86 valence electrons. The zero-order valence-electron chi connectivity index (χ0n) is 8.01. The van der Waals surface area contributed by atoms with Crippen molar-refractivity contribution in [2.75, 3.05) is 0 Å². The summed E-state index contributed by atoms with van der Waals surface area (Å²) < 4.78 is 0. The second-order valence-corrected chi connectivity index (χ2v) is 3.15. The average molecular weight is 242 g/mol. The topological polar surface area (TPSA) is 123 Å². The average Bonchev–Trinajstić information content (AvgIpc) is 2.21. The molecule has 7 N–H and O–H groups in total. The lowest BCUT2D eigenvalue weighted by molar-refractivity contribution is 0.427. The van der Waals surface area contributed by atoms with Gasteiger partial charge in [0.25, 0.3) is 0 Å². The Balaban J connectivity index is 2.85.